The molecule has 148 valence electrons. The van der Waals surface area contributed by atoms with Gasteiger partial charge in [-0.2, -0.15) is 5.10 Å². The predicted octanol–water partition coefficient (Wildman–Crippen LogP) is 0.680. The number of aromatic nitrogens is 3. The number of fused-ring (bicyclic) bond motifs is 1. The van der Waals surface area contributed by atoms with Crippen LogP contribution >= 0.6 is 0 Å². The van der Waals surface area contributed by atoms with E-state index < -0.39 is 6.10 Å². The molecule has 4 rings (SSSR count). The molecule has 0 aliphatic carbocycles. The van der Waals surface area contributed by atoms with Crippen molar-refractivity contribution >= 4 is 11.8 Å². The molecule has 2 aromatic heterocycles. The third-order valence-corrected chi connectivity index (χ3v) is 5.49. The molecular formula is C20H25N5O3. The van der Waals surface area contributed by atoms with Gasteiger partial charge in [0.05, 0.1) is 18.2 Å². The molecule has 0 unspecified atom stereocenters. The lowest BCUT2D eigenvalue weighted by Crippen LogP contribution is -2.46. The number of carbonyl (C=O) groups is 2. The number of piperidine rings is 1. The van der Waals surface area contributed by atoms with E-state index in [9.17, 15) is 9.59 Å². The zero-order valence-electron chi connectivity index (χ0n) is 16.0. The fraction of sp³-hybridized carbons (Fsp3) is 0.500. The van der Waals surface area contributed by atoms with Crippen LogP contribution in [0.2, 0.25) is 0 Å². The van der Waals surface area contributed by atoms with Crippen molar-refractivity contribution in [3.63, 3.8) is 0 Å². The number of pyridine rings is 1. The highest BCUT2D eigenvalue weighted by atomic mass is 16.5. The Morgan fingerprint density at radius 1 is 1.36 bits per heavy atom. The summed E-state index contributed by atoms with van der Waals surface area (Å²) in [7, 11) is 1.84. The lowest BCUT2D eigenvalue weighted by atomic mass is 9.91. The van der Waals surface area contributed by atoms with Crippen molar-refractivity contribution in [3.8, 4) is 0 Å². The van der Waals surface area contributed by atoms with Crippen LogP contribution < -0.4 is 5.32 Å². The Kier molecular flexibility index (Phi) is 5.38. The van der Waals surface area contributed by atoms with Gasteiger partial charge in [-0.15, -0.1) is 0 Å². The minimum absolute atomic E-state index is 0.0604. The maximum Gasteiger partial charge on any atom is 0.249 e. The predicted molar refractivity (Wildman–Crippen MR) is 101 cm³/mol. The average Bonchev–Trinajstić information content (AvgIpc) is 3.32. The number of amides is 2. The zero-order valence-corrected chi connectivity index (χ0v) is 16.0. The number of nitrogens with one attached hydrogen (secondary N) is 1. The lowest BCUT2D eigenvalue weighted by Gasteiger charge is -2.34. The van der Waals surface area contributed by atoms with Crippen LogP contribution in [-0.4, -0.2) is 56.8 Å². The Labute approximate surface area is 163 Å². The van der Waals surface area contributed by atoms with Gasteiger partial charge in [0, 0.05) is 45.3 Å². The van der Waals surface area contributed by atoms with E-state index in [0.29, 0.717) is 38.4 Å². The minimum Gasteiger partial charge on any atom is -0.363 e. The Morgan fingerprint density at radius 3 is 3.00 bits per heavy atom. The van der Waals surface area contributed by atoms with Crippen molar-refractivity contribution in [1.29, 1.82) is 0 Å². The second kappa shape index (κ2) is 8.10. The van der Waals surface area contributed by atoms with Crippen LogP contribution in [-0.2, 0) is 34.3 Å². The molecule has 2 aromatic rings. The molecule has 3 atom stereocenters. The van der Waals surface area contributed by atoms with E-state index in [0.717, 1.165) is 17.7 Å². The van der Waals surface area contributed by atoms with Gasteiger partial charge in [0.1, 0.15) is 6.10 Å². The number of ether oxygens (including phenoxy) is 1. The molecule has 2 aliphatic rings. The second-order valence-electron chi connectivity index (χ2n) is 7.52. The fourth-order valence-electron chi connectivity index (χ4n) is 3.96. The first-order chi connectivity index (χ1) is 13.6. The van der Waals surface area contributed by atoms with Crippen molar-refractivity contribution in [3.05, 3.63) is 48.0 Å². The van der Waals surface area contributed by atoms with Gasteiger partial charge in [0.25, 0.3) is 0 Å². The SMILES string of the molecule is Cn1ccc(CC(=O)N2CC[C@H]3C[C@H](C(=O)NCc4cccnc4)O[C@@H]3C2)n1. The summed E-state index contributed by atoms with van der Waals surface area (Å²) in [4.78, 5) is 30.9. The summed E-state index contributed by atoms with van der Waals surface area (Å²) in [5, 5.41) is 7.20. The molecule has 2 saturated heterocycles. The highest BCUT2D eigenvalue weighted by Gasteiger charge is 2.42. The van der Waals surface area contributed by atoms with Gasteiger partial charge in [-0.1, -0.05) is 6.07 Å². The molecule has 28 heavy (non-hydrogen) atoms. The van der Waals surface area contributed by atoms with Gasteiger partial charge in [-0.3, -0.25) is 19.3 Å². The monoisotopic (exact) mass is 383 g/mol. The number of hydrogen-bond acceptors (Lipinski definition) is 5. The molecule has 1 N–H and O–H groups in total. The Morgan fingerprint density at radius 2 is 2.25 bits per heavy atom. The summed E-state index contributed by atoms with van der Waals surface area (Å²) in [6, 6.07) is 5.63. The maximum absolute atomic E-state index is 12.6. The van der Waals surface area contributed by atoms with E-state index in [2.05, 4.69) is 15.4 Å². The quantitative estimate of drug-likeness (QED) is 0.820. The molecule has 0 saturated carbocycles. The number of carbonyl (C=O) groups excluding carboxylic acids is 2. The van der Waals surface area contributed by atoms with E-state index in [-0.39, 0.29) is 17.9 Å². The van der Waals surface area contributed by atoms with Gasteiger partial charge < -0.3 is 15.0 Å². The first-order valence-electron chi connectivity index (χ1n) is 9.67. The number of hydrogen-bond donors (Lipinski definition) is 1. The van der Waals surface area contributed by atoms with Crippen molar-refractivity contribution in [2.75, 3.05) is 13.1 Å². The van der Waals surface area contributed by atoms with Gasteiger partial charge in [-0.25, -0.2) is 0 Å². The van der Waals surface area contributed by atoms with Gasteiger partial charge >= 0.3 is 0 Å². The fourth-order valence-corrected chi connectivity index (χ4v) is 3.96. The Bertz CT molecular complexity index is 837. The molecule has 4 heterocycles. The summed E-state index contributed by atoms with van der Waals surface area (Å²) in [5.74, 6) is 0.294. The summed E-state index contributed by atoms with van der Waals surface area (Å²) in [5.41, 5.74) is 1.73. The van der Waals surface area contributed by atoms with Crippen molar-refractivity contribution in [2.45, 2.75) is 38.0 Å². The van der Waals surface area contributed by atoms with Crippen LogP contribution in [0.5, 0.6) is 0 Å². The minimum atomic E-state index is -0.447. The van der Waals surface area contributed by atoms with Crippen LogP contribution in [0.25, 0.3) is 0 Å². The normalized spacial score (nSPS) is 24.0. The van der Waals surface area contributed by atoms with Crippen LogP contribution in [0.4, 0.5) is 0 Å². The molecular weight excluding hydrogens is 358 g/mol. The summed E-state index contributed by atoms with van der Waals surface area (Å²) >= 11 is 0. The zero-order chi connectivity index (χ0) is 19.5. The van der Waals surface area contributed by atoms with Crippen molar-refractivity contribution in [1.82, 2.24) is 25.0 Å². The van der Waals surface area contributed by atoms with Crippen LogP contribution in [0.3, 0.4) is 0 Å². The first-order valence-corrected chi connectivity index (χ1v) is 9.67. The van der Waals surface area contributed by atoms with E-state index in [1.165, 1.54) is 0 Å². The van der Waals surface area contributed by atoms with Crippen LogP contribution in [0.1, 0.15) is 24.1 Å². The van der Waals surface area contributed by atoms with Gasteiger partial charge in [0.15, 0.2) is 0 Å². The molecule has 0 spiro atoms. The number of nitrogens with zero attached hydrogens (tertiary/aromatic N) is 4. The van der Waals surface area contributed by atoms with Crippen molar-refractivity contribution in [2.24, 2.45) is 13.0 Å². The molecule has 2 fully saturated rings. The average molecular weight is 383 g/mol. The molecule has 8 nitrogen and oxygen atoms in total. The summed E-state index contributed by atoms with van der Waals surface area (Å²) in [6.07, 6.45) is 6.64. The molecule has 0 aromatic carbocycles. The molecule has 2 amide bonds. The lowest BCUT2D eigenvalue weighted by molar-refractivity contribution is -0.137. The number of rotatable bonds is 5. The molecule has 0 bridgehead atoms. The molecule has 2 aliphatic heterocycles. The highest BCUT2D eigenvalue weighted by molar-refractivity contribution is 5.81. The highest BCUT2D eigenvalue weighted by Crippen LogP contribution is 2.33. The van der Waals surface area contributed by atoms with E-state index in [1.807, 2.05) is 36.3 Å². The molecule has 8 heteroatoms. The maximum atomic E-state index is 12.6. The van der Waals surface area contributed by atoms with Gasteiger partial charge in [0.2, 0.25) is 11.8 Å². The number of likely N-dealkylation sites (tertiary alicyclic amines) is 1. The van der Waals surface area contributed by atoms with Crippen LogP contribution in [0.15, 0.2) is 36.8 Å². The van der Waals surface area contributed by atoms with Gasteiger partial charge in [-0.05, 0) is 36.5 Å². The third-order valence-electron chi connectivity index (χ3n) is 5.49. The van der Waals surface area contributed by atoms with E-state index in [4.69, 9.17) is 4.74 Å². The van der Waals surface area contributed by atoms with E-state index in [1.54, 1.807) is 17.1 Å². The standard InChI is InChI=1S/C20H25N5O3/c1-24-7-5-16(23-24)10-19(26)25-8-4-15-9-17(28-18(15)13-25)20(27)22-12-14-3-2-6-21-11-14/h2-3,5-7,11,15,17-18H,4,8-10,12-13H2,1H3,(H,22,27)/t15-,17+,18+/m0/s1. The second-order valence-corrected chi connectivity index (χ2v) is 7.52. The number of aryl methyl sites for hydroxylation is 1. The topological polar surface area (TPSA) is 89.4 Å². The Balaban J connectivity index is 1.28. The van der Waals surface area contributed by atoms with E-state index >= 15 is 0 Å². The first kappa shape index (κ1) is 18.6. The van der Waals surface area contributed by atoms with Crippen molar-refractivity contribution < 1.29 is 14.3 Å². The van der Waals surface area contributed by atoms with Crippen LogP contribution in [0, 0.1) is 5.92 Å². The third kappa shape index (κ3) is 4.22. The summed E-state index contributed by atoms with van der Waals surface area (Å²) in [6.45, 7) is 1.69. The smallest absolute Gasteiger partial charge is 0.249 e. The largest absolute Gasteiger partial charge is 0.363 e. The molecule has 0 radical (unpaired) electrons. The Hall–Kier alpha value is -2.74. The summed E-state index contributed by atoms with van der Waals surface area (Å²) < 4.78 is 7.71.